The van der Waals surface area contributed by atoms with Gasteiger partial charge in [-0.1, -0.05) is 193 Å². The summed E-state index contributed by atoms with van der Waals surface area (Å²) in [6, 6.07) is 2.43. The minimum absolute atomic E-state index is 0.0689. The number of unbranched alkanes of at least 4 members (excludes halogenated alkanes) is 28. The molecule has 0 aromatic carbocycles. The van der Waals surface area contributed by atoms with Crippen molar-refractivity contribution in [2.24, 2.45) is 0 Å². The van der Waals surface area contributed by atoms with Crippen molar-refractivity contribution >= 4 is 25.0 Å². The molecule has 7 nitrogen and oxygen atoms in total. The summed E-state index contributed by atoms with van der Waals surface area (Å²) < 4.78 is 8.94. The first-order valence-corrected chi connectivity index (χ1v) is 22.5. The van der Waals surface area contributed by atoms with E-state index in [4.69, 9.17) is 4.74 Å². The number of aromatic nitrogens is 2. The summed E-state index contributed by atoms with van der Waals surface area (Å²) in [5.74, 6) is -0.138. The van der Waals surface area contributed by atoms with E-state index >= 15 is 0 Å². The van der Waals surface area contributed by atoms with Gasteiger partial charge in [-0.05, 0) is 25.7 Å². The van der Waals surface area contributed by atoms with E-state index in [9.17, 15) is 19.2 Å². The number of pyridine rings is 2. The molecule has 7 heteroatoms. The standard InChI is InChI=1S/C48H76N2O5/c1-3-5-7-9-11-13-15-17-19-21-23-25-27-29-31-33-35-49-39-47(45(53)37-43(49)41-51)55-48-40-50(44(42-52)38-46(48)54)36-34-32-30-28-26-24-22-20-18-16-14-12-10-8-6-4-2/h33-42H,3-32H2,1-2H3. The van der Waals surface area contributed by atoms with Gasteiger partial charge in [-0.3, -0.25) is 19.2 Å². The van der Waals surface area contributed by atoms with Gasteiger partial charge in [0.2, 0.25) is 10.9 Å². The molecule has 0 atom stereocenters. The Kier molecular flexibility index (Phi) is 28.4. The molecule has 0 N–H and O–H groups in total. The molecule has 2 rings (SSSR count). The Hall–Kier alpha value is -3.48. The number of carbonyl (C=O) groups is 2. The maximum atomic E-state index is 12.8. The van der Waals surface area contributed by atoms with Gasteiger partial charge in [0, 0.05) is 24.5 Å². The molecule has 0 saturated carbocycles. The van der Waals surface area contributed by atoms with Crippen molar-refractivity contribution in [3.63, 3.8) is 0 Å². The lowest BCUT2D eigenvalue weighted by Crippen LogP contribution is -2.15. The first-order chi connectivity index (χ1) is 27.0. The van der Waals surface area contributed by atoms with Crippen molar-refractivity contribution in [1.29, 1.82) is 0 Å². The summed E-state index contributed by atoms with van der Waals surface area (Å²) in [6.07, 6.45) is 50.2. The maximum Gasteiger partial charge on any atom is 0.224 e. The van der Waals surface area contributed by atoms with Crippen LogP contribution in [-0.4, -0.2) is 21.7 Å². The quantitative estimate of drug-likeness (QED) is 0.0510. The van der Waals surface area contributed by atoms with Crippen LogP contribution in [0.5, 0.6) is 11.5 Å². The monoisotopic (exact) mass is 761 g/mol. The average molecular weight is 761 g/mol. The van der Waals surface area contributed by atoms with E-state index < -0.39 is 10.9 Å². The third-order valence-electron chi connectivity index (χ3n) is 10.6. The Morgan fingerprint density at radius 3 is 0.982 bits per heavy atom. The molecule has 0 aliphatic rings. The Morgan fingerprint density at radius 2 is 0.709 bits per heavy atom. The van der Waals surface area contributed by atoms with Gasteiger partial charge >= 0.3 is 0 Å². The zero-order valence-electron chi connectivity index (χ0n) is 34.9. The van der Waals surface area contributed by atoms with Crippen molar-refractivity contribution in [3.05, 3.63) is 68.5 Å². The van der Waals surface area contributed by atoms with Crippen molar-refractivity contribution in [2.45, 2.75) is 206 Å². The van der Waals surface area contributed by atoms with Gasteiger partial charge in [0.15, 0.2) is 24.1 Å². The first kappa shape index (κ1) is 47.7. The molecule has 0 spiro atoms. The van der Waals surface area contributed by atoms with E-state index in [0.717, 1.165) is 38.5 Å². The summed E-state index contributed by atoms with van der Waals surface area (Å²) in [4.78, 5) is 49.2. The molecule has 55 heavy (non-hydrogen) atoms. The summed E-state index contributed by atoms with van der Waals surface area (Å²) in [5.41, 5.74) is -0.598. The van der Waals surface area contributed by atoms with Crippen molar-refractivity contribution in [3.8, 4) is 11.5 Å². The van der Waals surface area contributed by atoms with Crippen LogP contribution < -0.4 is 15.6 Å². The number of hydrogen-bond donors (Lipinski definition) is 0. The molecule has 0 aliphatic carbocycles. The molecule has 0 fully saturated rings. The zero-order valence-corrected chi connectivity index (χ0v) is 34.9. The van der Waals surface area contributed by atoms with Crippen LogP contribution >= 0.6 is 0 Å². The molecule has 308 valence electrons. The van der Waals surface area contributed by atoms with Crippen molar-refractivity contribution in [1.82, 2.24) is 9.13 Å². The van der Waals surface area contributed by atoms with Gasteiger partial charge < -0.3 is 13.9 Å². The lowest BCUT2D eigenvalue weighted by atomic mass is 10.0. The normalized spacial score (nSPS) is 11.6. The van der Waals surface area contributed by atoms with Crippen LogP contribution in [0, 0.1) is 0 Å². The smallest absolute Gasteiger partial charge is 0.224 e. The molecule has 2 aromatic heterocycles. The number of nitrogens with zero attached hydrogens (tertiary/aromatic N) is 2. The zero-order chi connectivity index (χ0) is 39.6. The fourth-order valence-corrected chi connectivity index (χ4v) is 7.10. The molecular formula is C48H76N2O5. The highest BCUT2D eigenvalue weighted by atomic mass is 16.5. The third kappa shape index (κ3) is 22.6. The highest BCUT2D eigenvalue weighted by Gasteiger charge is 2.12. The minimum atomic E-state index is -0.502. The fourth-order valence-electron chi connectivity index (χ4n) is 7.10. The number of allylic oxidation sites excluding steroid dienone is 2. The Bertz CT molecular complexity index is 1360. The number of carbonyl (C=O) groups excluding carboxylic acids is 2. The molecule has 2 heterocycles. The summed E-state index contributed by atoms with van der Waals surface area (Å²) in [6.45, 7) is 4.53. The number of rotatable bonds is 36. The Balaban J connectivity index is 1.75. The van der Waals surface area contributed by atoms with E-state index in [2.05, 4.69) is 13.8 Å². The SMILES string of the molecule is CCCCCCCCCCCCCCCCC=Cn1cc(Oc2cn(C=CCCCCCCCCCCCCCCCC)c(C=O)cc2=O)c(=O)cc1C=O. The average Bonchev–Trinajstić information content (AvgIpc) is 3.19. The van der Waals surface area contributed by atoms with Crippen LogP contribution in [0.2, 0.25) is 0 Å². The van der Waals surface area contributed by atoms with Gasteiger partial charge in [0.1, 0.15) is 0 Å². The van der Waals surface area contributed by atoms with E-state index in [1.165, 1.54) is 179 Å². The van der Waals surface area contributed by atoms with Gasteiger partial charge in [-0.25, -0.2) is 0 Å². The lowest BCUT2D eigenvalue weighted by Gasteiger charge is -2.11. The maximum absolute atomic E-state index is 12.8. The molecule has 0 radical (unpaired) electrons. The molecular weight excluding hydrogens is 685 g/mol. The Morgan fingerprint density at radius 1 is 0.436 bits per heavy atom. The first-order valence-electron chi connectivity index (χ1n) is 22.5. The van der Waals surface area contributed by atoms with Gasteiger partial charge in [0.05, 0.1) is 23.8 Å². The molecule has 0 aliphatic heterocycles. The second-order valence-electron chi connectivity index (χ2n) is 15.5. The summed E-state index contributed by atoms with van der Waals surface area (Å²) in [7, 11) is 0. The predicted molar refractivity (Wildman–Crippen MR) is 233 cm³/mol. The van der Waals surface area contributed by atoms with E-state index in [-0.39, 0.29) is 22.9 Å². The van der Waals surface area contributed by atoms with E-state index in [0.29, 0.717) is 12.6 Å². The number of aldehydes is 2. The van der Waals surface area contributed by atoms with Crippen molar-refractivity contribution in [2.75, 3.05) is 0 Å². The van der Waals surface area contributed by atoms with Crippen LogP contribution in [0.4, 0.5) is 0 Å². The number of ether oxygens (including phenoxy) is 1. The largest absolute Gasteiger partial charge is 0.446 e. The highest BCUT2D eigenvalue weighted by molar-refractivity contribution is 5.74. The van der Waals surface area contributed by atoms with Crippen LogP contribution in [0.1, 0.15) is 227 Å². The van der Waals surface area contributed by atoms with Crippen LogP contribution in [0.3, 0.4) is 0 Å². The van der Waals surface area contributed by atoms with Crippen molar-refractivity contribution < 1.29 is 14.3 Å². The third-order valence-corrected chi connectivity index (χ3v) is 10.6. The molecule has 0 saturated heterocycles. The second-order valence-corrected chi connectivity index (χ2v) is 15.5. The molecule has 0 bridgehead atoms. The summed E-state index contributed by atoms with van der Waals surface area (Å²) in [5, 5.41) is 0. The number of hydrogen-bond acceptors (Lipinski definition) is 5. The highest BCUT2D eigenvalue weighted by Crippen LogP contribution is 2.18. The Labute approximate surface area is 334 Å². The second kappa shape index (κ2) is 32.7. The van der Waals surface area contributed by atoms with Gasteiger partial charge in [-0.15, -0.1) is 0 Å². The van der Waals surface area contributed by atoms with E-state index in [1.54, 1.807) is 21.5 Å². The summed E-state index contributed by atoms with van der Waals surface area (Å²) >= 11 is 0. The predicted octanol–water partition coefficient (Wildman–Crippen LogP) is 14.1. The fraction of sp³-hybridized carbons (Fsp3) is 0.667. The van der Waals surface area contributed by atoms with Crippen LogP contribution in [-0.2, 0) is 0 Å². The minimum Gasteiger partial charge on any atom is -0.446 e. The molecule has 0 amide bonds. The van der Waals surface area contributed by atoms with Gasteiger partial charge in [-0.2, -0.15) is 0 Å². The van der Waals surface area contributed by atoms with Crippen LogP contribution in [0.15, 0.2) is 46.3 Å². The van der Waals surface area contributed by atoms with Crippen LogP contribution in [0.25, 0.3) is 12.4 Å². The lowest BCUT2D eigenvalue weighted by molar-refractivity contribution is 0.111. The van der Waals surface area contributed by atoms with E-state index in [1.807, 2.05) is 12.2 Å². The molecule has 2 aromatic rings. The van der Waals surface area contributed by atoms with Gasteiger partial charge in [0.25, 0.3) is 0 Å². The topological polar surface area (TPSA) is 87.4 Å². The molecule has 0 unspecified atom stereocenters.